The summed E-state index contributed by atoms with van der Waals surface area (Å²) >= 11 is 8.12. The molecule has 0 spiro atoms. The van der Waals surface area contributed by atoms with Gasteiger partial charge in [-0.05, 0) is 58.4 Å². The van der Waals surface area contributed by atoms with Gasteiger partial charge in [0.1, 0.15) is 45.5 Å². The van der Waals surface area contributed by atoms with Gasteiger partial charge < -0.3 is 24.8 Å². The average Bonchev–Trinajstić information content (AvgIpc) is 3.66. The van der Waals surface area contributed by atoms with E-state index >= 15 is 0 Å². The maximum absolute atomic E-state index is 12.5. The highest BCUT2D eigenvalue weighted by molar-refractivity contribution is 7.16. The van der Waals surface area contributed by atoms with Crippen molar-refractivity contribution >= 4 is 41.0 Å². The molecule has 2 atom stereocenters. The van der Waals surface area contributed by atoms with Crippen LogP contribution in [0.4, 0.5) is 4.79 Å². The first-order chi connectivity index (χ1) is 22.9. The summed E-state index contributed by atoms with van der Waals surface area (Å²) in [7, 11) is 0. The highest BCUT2D eigenvalue weighted by Gasteiger charge is 2.29. The molecule has 2 N–H and O–H groups in total. The van der Waals surface area contributed by atoms with E-state index in [4.69, 9.17) is 36.5 Å². The molecular formula is C36H40ClN5O5S. The van der Waals surface area contributed by atoms with Crippen LogP contribution < -0.4 is 15.2 Å². The predicted octanol–water partition coefficient (Wildman–Crippen LogP) is 7.66. The van der Waals surface area contributed by atoms with Gasteiger partial charge in [0.15, 0.2) is 0 Å². The van der Waals surface area contributed by atoms with Crippen molar-refractivity contribution in [1.29, 1.82) is 0 Å². The summed E-state index contributed by atoms with van der Waals surface area (Å²) in [6.07, 6.45) is 9.04. The van der Waals surface area contributed by atoms with E-state index in [1.807, 2.05) is 75.7 Å². The highest BCUT2D eigenvalue weighted by Crippen LogP contribution is 2.40. The van der Waals surface area contributed by atoms with E-state index in [1.54, 1.807) is 11.2 Å². The molecule has 48 heavy (non-hydrogen) atoms. The van der Waals surface area contributed by atoms with E-state index in [-0.39, 0.29) is 18.1 Å². The second-order valence-electron chi connectivity index (χ2n) is 13.2. The second-order valence-corrected chi connectivity index (χ2v) is 14.6. The van der Waals surface area contributed by atoms with Gasteiger partial charge in [0.05, 0.1) is 16.4 Å². The Bertz CT molecular complexity index is 1840. The molecule has 4 heterocycles. The average molecular weight is 690 g/mol. The largest absolute Gasteiger partial charge is 0.489 e. The third-order valence-corrected chi connectivity index (χ3v) is 9.95. The number of imidazole rings is 1. The number of nitrogens with zero attached hydrogens (tertiary/aromatic N) is 4. The van der Waals surface area contributed by atoms with E-state index in [1.165, 1.54) is 11.3 Å². The van der Waals surface area contributed by atoms with Gasteiger partial charge in [-0.2, -0.15) is 0 Å². The van der Waals surface area contributed by atoms with Crippen LogP contribution in [0, 0.1) is 6.92 Å². The number of hydrogen-bond acceptors (Lipinski definition) is 8. The Morgan fingerprint density at radius 1 is 1.10 bits per heavy atom. The molecule has 2 amide bonds. The summed E-state index contributed by atoms with van der Waals surface area (Å²) in [6.45, 7) is 10.5. The molecule has 252 valence electrons. The normalized spacial score (nSPS) is 17.1. The summed E-state index contributed by atoms with van der Waals surface area (Å²) in [5.41, 5.74) is 10.0. The van der Waals surface area contributed by atoms with Crippen molar-refractivity contribution in [1.82, 2.24) is 19.4 Å². The first-order valence-corrected chi connectivity index (χ1v) is 17.3. The minimum Gasteiger partial charge on any atom is -0.489 e. The molecule has 12 heteroatoms. The van der Waals surface area contributed by atoms with E-state index in [9.17, 15) is 9.59 Å². The molecule has 0 radical (unpaired) electrons. The van der Waals surface area contributed by atoms with Gasteiger partial charge in [-0.3, -0.25) is 14.3 Å². The number of allylic oxidation sites excluding steroid dienone is 1. The summed E-state index contributed by atoms with van der Waals surface area (Å²) in [5.74, 6) is 0.523. The van der Waals surface area contributed by atoms with E-state index < -0.39 is 17.6 Å². The number of ether oxygens (including phenoxy) is 3. The van der Waals surface area contributed by atoms with Crippen LogP contribution in [-0.4, -0.2) is 56.2 Å². The Balaban J connectivity index is 1.14. The molecule has 2 aliphatic rings. The number of aryl methyl sites for hydroxylation is 1. The molecule has 4 aromatic rings. The molecule has 1 saturated heterocycles. The first kappa shape index (κ1) is 33.5. The maximum Gasteiger partial charge on any atom is 0.410 e. The Hall–Kier alpha value is -4.35. The molecule has 2 unspecified atom stereocenters. The van der Waals surface area contributed by atoms with Crippen LogP contribution in [0.5, 0.6) is 11.5 Å². The zero-order valence-electron chi connectivity index (χ0n) is 27.7. The lowest BCUT2D eigenvalue weighted by Crippen LogP contribution is -2.44. The molecule has 3 aromatic heterocycles. The smallest absolute Gasteiger partial charge is 0.410 e. The van der Waals surface area contributed by atoms with Crippen LogP contribution in [0.1, 0.15) is 90.4 Å². The minimum absolute atomic E-state index is 0.104. The van der Waals surface area contributed by atoms with E-state index in [2.05, 4.69) is 23.2 Å². The van der Waals surface area contributed by atoms with Crippen LogP contribution in [0.2, 0.25) is 5.02 Å². The topological polar surface area (TPSA) is 122 Å². The molecule has 1 fully saturated rings. The number of pyridine rings is 1. The van der Waals surface area contributed by atoms with Gasteiger partial charge in [-0.25, -0.2) is 9.78 Å². The van der Waals surface area contributed by atoms with Crippen molar-refractivity contribution in [3.63, 3.8) is 0 Å². The minimum atomic E-state index is -0.578. The fraction of sp³-hybridized carbons (Fsp3) is 0.389. The van der Waals surface area contributed by atoms with Gasteiger partial charge >= 0.3 is 6.09 Å². The van der Waals surface area contributed by atoms with E-state index in [0.717, 1.165) is 34.1 Å². The van der Waals surface area contributed by atoms with Gasteiger partial charge in [-0.1, -0.05) is 35.9 Å². The van der Waals surface area contributed by atoms with Crippen LogP contribution in [0.15, 0.2) is 55.0 Å². The number of carbonyl (C=O) groups excluding carboxylic acids is 2. The third kappa shape index (κ3) is 7.37. The van der Waals surface area contributed by atoms with Crippen molar-refractivity contribution < 1.29 is 23.8 Å². The summed E-state index contributed by atoms with van der Waals surface area (Å²) in [4.78, 5) is 36.2. The number of thiophene rings is 1. The number of halogens is 1. The number of aromatic nitrogens is 3. The molecule has 0 saturated carbocycles. The first-order valence-electron chi connectivity index (χ1n) is 16.1. The number of primary amides is 1. The highest BCUT2D eigenvalue weighted by atomic mass is 35.5. The molecule has 1 aliphatic heterocycles. The summed E-state index contributed by atoms with van der Waals surface area (Å²) in [5, 5.41) is 1.20. The number of benzene rings is 1. The Morgan fingerprint density at radius 3 is 2.56 bits per heavy atom. The standard InChI is InChI=1S/C36H40ClN5O5S/c1-21-9-10-24(19-39-21)23-11-12-28-27(17-23)40-20-42(28)31-18-30(33(48-31)34(38)43)45-22(2)26-7-6-8-29(32(26)37)46-25-13-15-41(16-14-25)35(44)47-36(3,4)5/h6-12,18-20,22-23,25H,13-17H2,1-5H3,(H2,38,43). The number of nitrogens with two attached hydrogens (primary N) is 1. The predicted molar refractivity (Wildman–Crippen MR) is 186 cm³/mol. The van der Waals surface area contributed by atoms with Crippen molar-refractivity contribution in [2.75, 3.05) is 13.1 Å². The van der Waals surface area contributed by atoms with Crippen LogP contribution in [-0.2, 0) is 11.2 Å². The lowest BCUT2D eigenvalue weighted by atomic mass is 9.90. The lowest BCUT2D eigenvalue weighted by Gasteiger charge is -2.33. The van der Waals surface area contributed by atoms with Crippen molar-refractivity contribution in [3.8, 4) is 16.5 Å². The van der Waals surface area contributed by atoms with Crippen molar-refractivity contribution in [2.45, 2.75) is 77.6 Å². The van der Waals surface area contributed by atoms with Gasteiger partial charge in [0.2, 0.25) is 0 Å². The molecular weight excluding hydrogens is 650 g/mol. The second kappa shape index (κ2) is 13.6. The van der Waals surface area contributed by atoms with Crippen molar-refractivity contribution in [2.24, 2.45) is 5.73 Å². The summed E-state index contributed by atoms with van der Waals surface area (Å²) < 4.78 is 20.1. The number of likely N-dealkylation sites (tertiary alicyclic amines) is 1. The van der Waals surface area contributed by atoms with Gasteiger partial charge in [-0.15, -0.1) is 11.3 Å². The molecule has 1 aliphatic carbocycles. The zero-order chi connectivity index (χ0) is 34.2. The fourth-order valence-electron chi connectivity index (χ4n) is 5.90. The Labute approximate surface area is 289 Å². The number of rotatable bonds is 8. The summed E-state index contributed by atoms with van der Waals surface area (Å²) in [6, 6.07) is 11.5. The number of amides is 2. The fourth-order valence-corrected chi connectivity index (χ4v) is 7.16. The number of fused-ring (bicyclic) bond motifs is 1. The number of piperidine rings is 1. The van der Waals surface area contributed by atoms with Crippen LogP contribution >= 0.6 is 22.9 Å². The molecule has 6 rings (SSSR count). The molecule has 0 bridgehead atoms. The van der Waals surface area contributed by atoms with Crippen LogP contribution in [0.25, 0.3) is 11.1 Å². The monoisotopic (exact) mass is 689 g/mol. The van der Waals surface area contributed by atoms with Gasteiger partial charge in [0, 0.05) is 61.8 Å². The zero-order valence-corrected chi connectivity index (χ0v) is 29.3. The number of hydrogen-bond donors (Lipinski definition) is 1. The molecule has 10 nitrogen and oxygen atoms in total. The van der Waals surface area contributed by atoms with E-state index in [0.29, 0.717) is 52.9 Å². The SMILES string of the molecule is Cc1ccc(C2C=Cc3c(ncn3-c3cc(OC(C)c4cccc(OC5CCN(C(=O)OC(C)(C)C)CC5)c4Cl)c(C(N)=O)s3)C2)cn1. The van der Waals surface area contributed by atoms with Crippen LogP contribution in [0.3, 0.4) is 0 Å². The molecule has 1 aromatic carbocycles. The quantitative estimate of drug-likeness (QED) is 0.202. The Morgan fingerprint density at radius 2 is 1.88 bits per heavy atom. The number of carbonyl (C=O) groups is 2. The van der Waals surface area contributed by atoms with Crippen molar-refractivity contribution in [3.05, 3.63) is 93.1 Å². The Kier molecular flexibility index (Phi) is 9.53. The van der Waals surface area contributed by atoms with Gasteiger partial charge in [0.25, 0.3) is 5.91 Å². The third-order valence-electron chi connectivity index (χ3n) is 8.41. The lowest BCUT2D eigenvalue weighted by molar-refractivity contribution is 0.0126. The maximum atomic E-state index is 12.5.